The highest BCUT2D eigenvalue weighted by atomic mass is 16.3. The molecule has 6 atom stereocenters. The van der Waals surface area contributed by atoms with Gasteiger partial charge in [0.05, 0.1) is 6.10 Å². The molecule has 2 bridgehead atoms. The standard InChI is InChI=1S/C13H20O/c1-2-10-12(14)6-5-11-8-3-4-9(7-8)13(10)11/h2,8-14H,1,3-7H2. The van der Waals surface area contributed by atoms with Crippen molar-refractivity contribution in [2.75, 3.05) is 0 Å². The van der Waals surface area contributed by atoms with Crippen molar-refractivity contribution in [1.29, 1.82) is 0 Å². The summed E-state index contributed by atoms with van der Waals surface area (Å²) in [5.74, 6) is 4.04. The summed E-state index contributed by atoms with van der Waals surface area (Å²) in [4.78, 5) is 0. The van der Waals surface area contributed by atoms with Gasteiger partial charge in [0.25, 0.3) is 0 Å². The predicted molar refractivity (Wildman–Crippen MR) is 56.7 cm³/mol. The zero-order valence-corrected chi connectivity index (χ0v) is 8.73. The fraction of sp³-hybridized carbons (Fsp3) is 0.846. The quantitative estimate of drug-likeness (QED) is 0.633. The van der Waals surface area contributed by atoms with Crippen LogP contribution in [0.5, 0.6) is 0 Å². The van der Waals surface area contributed by atoms with Crippen molar-refractivity contribution in [3.05, 3.63) is 12.7 Å². The molecule has 6 unspecified atom stereocenters. The van der Waals surface area contributed by atoms with Gasteiger partial charge in [-0.15, -0.1) is 6.58 Å². The second-order valence-electron chi connectivity index (χ2n) is 5.53. The van der Waals surface area contributed by atoms with Crippen molar-refractivity contribution in [2.24, 2.45) is 29.6 Å². The molecular weight excluding hydrogens is 172 g/mol. The van der Waals surface area contributed by atoms with Gasteiger partial charge in [-0.05, 0) is 55.8 Å². The zero-order valence-electron chi connectivity index (χ0n) is 8.73. The van der Waals surface area contributed by atoms with Gasteiger partial charge in [-0.25, -0.2) is 0 Å². The smallest absolute Gasteiger partial charge is 0.0605 e. The van der Waals surface area contributed by atoms with Gasteiger partial charge >= 0.3 is 0 Å². The van der Waals surface area contributed by atoms with Crippen LogP contribution in [0.2, 0.25) is 0 Å². The Morgan fingerprint density at radius 3 is 2.64 bits per heavy atom. The zero-order chi connectivity index (χ0) is 9.71. The molecule has 3 rings (SSSR count). The Hall–Kier alpha value is -0.300. The van der Waals surface area contributed by atoms with Crippen LogP contribution in [-0.4, -0.2) is 11.2 Å². The first-order chi connectivity index (χ1) is 6.81. The van der Waals surface area contributed by atoms with Gasteiger partial charge in [-0.1, -0.05) is 6.08 Å². The van der Waals surface area contributed by atoms with Crippen LogP contribution in [0.3, 0.4) is 0 Å². The van der Waals surface area contributed by atoms with Crippen molar-refractivity contribution >= 4 is 0 Å². The highest BCUT2D eigenvalue weighted by Gasteiger charge is 2.52. The van der Waals surface area contributed by atoms with Crippen LogP contribution in [0.25, 0.3) is 0 Å². The lowest BCUT2D eigenvalue weighted by molar-refractivity contribution is 0.00281. The third-order valence-electron chi connectivity index (χ3n) is 5.11. The summed E-state index contributed by atoms with van der Waals surface area (Å²) < 4.78 is 0. The Kier molecular flexibility index (Phi) is 1.98. The summed E-state index contributed by atoms with van der Waals surface area (Å²) in [6.07, 6.45) is 8.56. The maximum Gasteiger partial charge on any atom is 0.0605 e. The lowest BCUT2D eigenvalue weighted by Gasteiger charge is -2.42. The van der Waals surface area contributed by atoms with Crippen molar-refractivity contribution in [2.45, 2.75) is 38.2 Å². The normalized spacial score (nSPS) is 55.8. The first-order valence-corrected chi connectivity index (χ1v) is 6.12. The van der Waals surface area contributed by atoms with E-state index in [2.05, 4.69) is 6.58 Å². The molecule has 0 aromatic heterocycles. The molecule has 3 fully saturated rings. The predicted octanol–water partition coefficient (Wildman–Crippen LogP) is 2.61. The van der Waals surface area contributed by atoms with E-state index in [9.17, 15) is 5.11 Å². The largest absolute Gasteiger partial charge is 0.393 e. The highest BCUT2D eigenvalue weighted by molar-refractivity contribution is 5.06. The Labute approximate surface area is 86.2 Å². The van der Waals surface area contributed by atoms with Crippen LogP contribution in [0.4, 0.5) is 0 Å². The number of hydrogen-bond acceptors (Lipinski definition) is 1. The van der Waals surface area contributed by atoms with E-state index in [0.717, 1.165) is 30.1 Å². The average Bonchev–Trinajstić information content (AvgIpc) is 2.77. The molecule has 3 aliphatic rings. The molecule has 0 aromatic rings. The Morgan fingerprint density at radius 2 is 1.86 bits per heavy atom. The summed E-state index contributed by atoms with van der Waals surface area (Å²) in [6.45, 7) is 3.92. The van der Waals surface area contributed by atoms with Gasteiger partial charge in [-0.2, -0.15) is 0 Å². The molecule has 0 heterocycles. The number of rotatable bonds is 1. The van der Waals surface area contributed by atoms with Crippen LogP contribution in [0.15, 0.2) is 12.7 Å². The second kappa shape index (κ2) is 3.10. The van der Waals surface area contributed by atoms with E-state index >= 15 is 0 Å². The molecule has 0 spiro atoms. The summed E-state index contributed by atoms with van der Waals surface area (Å²) in [5, 5.41) is 9.97. The summed E-state index contributed by atoms with van der Waals surface area (Å²) in [5.41, 5.74) is 0. The molecule has 1 heteroatoms. The first-order valence-electron chi connectivity index (χ1n) is 6.12. The molecule has 1 N–H and O–H groups in total. The minimum Gasteiger partial charge on any atom is -0.393 e. The summed E-state index contributed by atoms with van der Waals surface area (Å²) in [6, 6.07) is 0. The van der Waals surface area contributed by atoms with Crippen LogP contribution < -0.4 is 0 Å². The van der Waals surface area contributed by atoms with Gasteiger partial charge in [0.2, 0.25) is 0 Å². The topological polar surface area (TPSA) is 20.2 Å². The van der Waals surface area contributed by atoms with Crippen molar-refractivity contribution < 1.29 is 5.11 Å². The molecule has 14 heavy (non-hydrogen) atoms. The number of aliphatic hydroxyl groups is 1. The maximum absolute atomic E-state index is 9.97. The molecule has 0 amide bonds. The van der Waals surface area contributed by atoms with E-state index < -0.39 is 0 Å². The molecule has 0 radical (unpaired) electrons. The minimum absolute atomic E-state index is 0.0897. The van der Waals surface area contributed by atoms with Crippen molar-refractivity contribution in [3.8, 4) is 0 Å². The average molecular weight is 192 g/mol. The van der Waals surface area contributed by atoms with Crippen molar-refractivity contribution in [1.82, 2.24) is 0 Å². The highest BCUT2D eigenvalue weighted by Crippen LogP contribution is 2.59. The summed E-state index contributed by atoms with van der Waals surface area (Å²) >= 11 is 0. The van der Waals surface area contributed by atoms with Crippen LogP contribution in [0, 0.1) is 29.6 Å². The fourth-order valence-electron chi connectivity index (χ4n) is 4.61. The van der Waals surface area contributed by atoms with Gasteiger partial charge in [-0.3, -0.25) is 0 Å². The van der Waals surface area contributed by atoms with Gasteiger partial charge in [0.1, 0.15) is 0 Å². The number of fused-ring (bicyclic) bond motifs is 5. The van der Waals surface area contributed by atoms with Crippen LogP contribution in [0.1, 0.15) is 32.1 Å². The Morgan fingerprint density at radius 1 is 1.07 bits per heavy atom. The van der Waals surface area contributed by atoms with E-state index in [1.807, 2.05) is 6.08 Å². The SMILES string of the molecule is C=CC1C(O)CCC2C3CCC(C3)C12. The van der Waals surface area contributed by atoms with E-state index in [0.29, 0.717) is 5.92 Å². The molecule has 0 aliphatic heterocycles. The van der Waals surface area contributed by atoms with E-state index in [-0.39, 0.29) is 6.10 Å². The molecular formula is C13H20O. The molecule has 0 saturated heterocycles. The monoisotopic (exact) mass is 192 g/mol. The maximum atomic E-state index is 9.97. The molecule has 1 nitrogen and oxygen atoms in total. The molecule has 78 valence electrons. The van der Waals surface area contributed by atoms with E-state index in [4.69, 9.17) is 0 Å². The number of hydrogen-bond donors (Lipinski definition) is 1. The molecule has 3 aliphatic carbocycles. The van der Waals surface area contributed by atoms with E-state index in [1.165, 1.54) is 25.7 Å². The van der Waals surface area contributed by atoms with Crippen LogP contribution in [-0.2, 0) is 0 Å². The van der Waals surface area contributed by atoms with Gasteiger partial charge < -0.3 is 5.11 Å². The third kappa shape index (κ3) is 1.05. The van der Waals surface area contributed by atoms with Gasteiger partial charge in [0, 0.05) is 5.92 Å². The van der Waals surface area contributed by atoms with Crippen LogP contribution >= 0.6 is 0 Å². The third-order valence-corrected chi connectivity index (χ3v) is 5.11. The minimum atomic E-state index is -0.0897. The lowest BCUT2D eigenvalue weighted by atomic mass is 9.64. The second-order valence-corrected chi connectivity index (χ2v) is 5.53. The Balaban J connectivity index is 1.88. The number of aliphatic hydroxyl groups excluding tert-OH is 1. The first kappa shape index (κ1) is 8.96. The lowest BCUT2D eigenvalue weighted by Crippen LogP contribution is -2.39. The molecule has 0 aromatic carbocycles. The fourth-order valence-corrected chi connectivity index (χ4v) is 4.61. The van der Waals surface area contributed by atoms with E-state index in [1.54, 1.807) is 0 Å². The van der Waals surface area contributed by atoms with Crippen molar-refractivity contribution in [3.63, 3.8) is 0 Å². The summed E-state index contributed by atoms with van der Waals surface area (Å²) in [7, 11) is 0. The Bertz CT molecular complexity index is 248. The van der Waals surface area contributed by atoms with Gasteiger partial charge in [0.15, 0.2) is 0 Å². The molecule has 3 saturated carbocycles.